The quantitative estimate of drug-likeness (QED) is 0.725. The Morgan fingerprint density at radius 3 is 2.81 bits per heavy atom. The maximum atomic E-state index is 12.3. The van der Waals surface area contributed by atoms with Gasteiger partial charge in [0, 0.05) is 56.5 Å². The molecule has 5 heterocycles. The topological polar surface area (TPSA) is 77.0 Å². The first-order valence-corrected chi connectivity index (χ1v) is 11.6. The molecule has 162 valence electrons. The lowest BCUT2D eigenvalue weighted by Crippen LogP contribution is -2.51. The van der Waals surface area contributed by atoms with Crippen LogP contribution in [-0.4, -0.2) is 73.1 Å². The summed E-state index contributed by atoms with van der Waals surface area (Å²) in [7, 11) is 0. The highest BCUT2D eigenvalue weighted by atomic mass is 32.1. The number of rotatable bonds is 3. The van der Waals surface area contributed by atoms with E-state index < -0.39 is 0 Å². The van der Waals surface area contributed by atoms with Crippen LogP contribution in [0.25, 0.3) is 11.6 Å². The Hall–Kier alpha value is -2.49. The number of hydrogen-bond donors (Lipinski definition) is 0. The molecule has 3 aliphatic heterocycles. The van der Waals surface area contributed by atoms with Gasteiger partial charge in [0.1, 0.15) is 5.01 Å². The molecule has 1 aliphatic carbocycles. The van der Waals surface area contributed by atoms with Crippen molar-refractivity contribution in [1.29, 1.82) is 0 Å². The fourth-order valence-corrected chi connectivity index (χ4v) is 5.47. The fourth-order valence-electron chi connectivity index (χ4n) is 4.41. The van der Waals surface area contributed by atoms with Crippen LogP contribution in [0.5, 0.6) is 0 Å². The van der Waals surface area contributed by atoms with E-state index in [0.717, 1.165) is 43.2 Å². The number of thiazole rings is 1. The molecule has 0 N–H and O–H groups in total. The average molecular weight is 441 g/mol. The van der Waals surface area contributed by atoms with Gasteiger partial charge in [0.2, 0.25) is 0 Å². The monoisotopic (exact) mass is 440 g/mol. The lowest BCUT2D eigenvalue weighted by molar-refractivity contribution is -0.104. The third kappa shape index (κ3) is 3.60. The van der Waals surface area contributed by atoms with Crippen LogP contribution in [0.3, 0.4) is 0 Å². The molecule has 1 amide bonds. The number of carbonyl (C=O) groups excluding carboxylic acids is 1. The smallest absolute Gasteiger partial charge is 0.410 e. The van der Waals surface area contributed by atoms with Gasteiger partial charge in [-0.15, -0.1) is 11.3 Å². The van der Waals surface area contributed by atoms with Gasteiger partial charge in [-0.25, -0.2) is 9.78 Å². The summed E-state index contributed by atoms with van der Waals surface area (Å²) >= 11 is 1.75. The molecule has 2 aromatic rings. The molecule has 9 heteroatoms. The summed E-state index contributed by atoms with van der Waals surface area (Å²) in [4.78, 5) is 27.2. The molecule has 31 heavy (non-hydrogen) atoms. The Labute approximate surface area is 184 Å². The largest absolute Gasteiger partial charge is 0.441 e. The Morgan fingerprint density at radius 2 is 2.03 bits per heavy atom. The maximum Gasteiger partial charge on any atom is 0.410 e. The average Bonchev–Trinajstić information content (AvgIpc) is 3.40. The molecule has 8 nitrogen and oxygen atoms in total. The number of amides is 1. The summed E-state index contributed by atoms with van der Waals surface area (Å²) < 4.78 is 16.1. The third-order valence-electron chi connectivity index (χ3n) is 6.25. The second-order valence-corrected chi connectivity index (χ2v) is 9.33. The molecule has 2 saturated heterocycles. The van der Waals surface area contributed by atoms with Crippen LogP contribution < -0.4 is 4.90 Å². The molecule has 0 radical (unpaired) electrons. The van der Waals surface area contributed by atoms with Crippen LogP contribution in [-0.2, 0) is 33.7 Å². The van der Waals surface area contributed by atoms with E-state index in [4.69, 9.17) is 19.2 Å². The molecule has 4 aliphatic rings. The predicted molar refractivity (Wildman–Crippen MR) is 116 cm³/mol. The summed E-state index contributed by atoms with van der Waals surface area (Å²) in [5.41, 5.74) is 5.89. The number of aromatic nitrogens is 2. The van der Waals surface area contributed by atoms with Crippen molar-refractivity contribution < 1.29 is 19.0 Å². The Bertz CT molecular complexity index is 1020. The van der Waals surface area contributed by atoms with Crippen LogP contribution in [0, 0.1) is 0 Å². The highest BCUT2D eigenvalue weighted by molar-refractivity contribution is 7.12. The van der Waals surface area contributed by atoms with Crippen LogP contribution in [0.4, 0.5) is 10.5 Å². The fraction of sp³-hybridized carbons (Fsp3) is 0.500. The van der Waals surface area contributed by atoms with E-state index >= 15 is 0 Å². The Balaban J connectivity index is 1.17. The number of pyridine rings is 1. The minimum Gasteiger partial charge on any atom is -0.441 e. The van der Waals surface area contributed by atoms with E-state index in [1.54, 1.807) is 16.2 Å². The van der Waals surface area contributed by atoms with Crippen LogP contribution >= 0.6 is 11.3 Å². The van der Waals surface area contributed by atoms with Gasteiger partial charge in [-0.2, -0.15) is 0 Å². The highest BCUT2D eigenvalue weighted by Crippen LogP contribution is 2.38. The number of allylic oxidation sites excluding steroid dienone is 1. The number of ether oxygens (including phenoxy) is 3. The molecule has 0 spiro atoms. The SMILES string of the molecule is O=C(OC1COC1)N1CCN(c2ccnc3c2C=C(c2nc4c(s2)COCC4)C3)CC1. The van der Waals surface area contributed by atoms with Gasteiger partial charge in [-0.3, -0.25) is 4.98 Å². The number of hydrogen-bond acceptors (Lipinski definition) is 8. The van der Waals surface area contributed by atoms with Crippen molar-refractivity contribution in [2.24, 2.45) is 0 Å². The second-order valence-electron chi connectivity index (χ2n) is 8.25. The van der Waals surface area contributed by atoms with Crippen LogP contribution in [0.15, 0.2) is 12.3 Å². The van der Waals surface area contributed by atoms with Crippen LogP contribution in [0.2, 0.25) is 0 Å². The lowest BCUT2D eigenvalue weighted by Gasteiger charge is -2.37. The van der Waals surface area contributed by atoms with Crippen molar-refractivity contribution in [2.75, 3.05) is 50.9 Å². The molecular weight excluding hydrogens is 416 g/mol. The molecule has 2 aromatic heterocycles. The van der Waals surface area contributed by atoms with Crippen molar-refractivity contribution in [2.45, 2.75) is 25.6 Å². The van der Waals surface area contributed by atoms with E-state index in [2.05, 4.69) is 22.0 Å². The summed E-state index contributed by atoms with van der Waals surface area (Å²) in [5, 5.41) is 1.09. The minimum atomic E-state index is -0.230. The van der Waals surface area contributed by atoms with Crippen molar-refractivity contribution in [3.05, 3.63) is 39.1 Å². The summed E-state index contributed by atoms with van der Waals surface area (Å²) in [6, 6.07) is 2.08. The minimum absolute atomic E-state index is 0.0827. The molecule has 2 fully saturated rings. The Kier molecular flexibility index (Phi) is 4.89. The zero-order chi connectivity index (χ0) is 20.8. The van der Waals surface area contributed by atoms with Gasteiger partial charge in [-0.05, 0) is 17.7 Å². The van der Waals surface area contributed by atoms with Gasteiger partial charge in [0.15, 0.2) is 6.10 Å². The zero-order valence-corrected chi connectivity index (χ0v) is 18.0. The summed E-state index contributed by atoms with van der Waals surface area (Å²) in [5.74, 6) is 0. The van der Waals surface area contributed by atoms with Crippen LogP contribution in [0.1, 0.15) is 26.8 Å². The predicted octanol–water partition coefficient (Wildman–Crippen LogP) is 2.36. The van der Waals surface area contributed by atoms with E-state index in [-0.39, 0.29) is 12.2 Å². The normalized spacial score (nSPS) is 20.7. The van der Waals surface area contributed by atoms with Crippen molar-refractivity contribution in [3.8, 4) is 0 Å². The van der Waals surface area contributed by atoms with Crippen molar-refractivity contribution in [1.82, 2.24) is 14.9 Å². The zero-order valence-electron chi connectivity index (χ0n) is 17.2. The summed E-state index contributed by atoms with van der Waals surface area (Å²) in [6.45, 7) is 5.32. The van der Waals surface area contributed by atoms with Gasteiger partial charge in [0.25, 0.3) is 0 Å². The molecule has 0 unspecified atom stereocenters. The summed E-state index contributed by atoms with van der Waals surface area (Å²) in [6.07, 6.45) is 5.54. The van der Waals surface area contributed by atoms with E-state index in [1.165, 1.54) is 27.4 Å². The van der Waals surface area contributed by atoms with Crippen molar-refractivity contribution in [3.63, 3.8) is 0 Å². The van der Waals surface area contributed by atoms with Gasteiger partial charge < -0.3 is 24.0 Å². The van der Waals surface area contributed by atoms with E-state index in [0.29, 0.717) is 32.9 Å². The third-order valence-corrected chi connectivity index (χ3v) is 7.40. The molecule has 0 aromatic carbocycles. The number of nitrogens with zero attached hydrogens (tertiary/aromatic N) is 4. The molecule has 0 bridgehead atoms. The van der Waals surface area contributed by atoms with E-state index in [9.17, 15) is 4.79 Å². The first kappa shape index (κ1) is 19.2. The second kappa shape index (κ2) is 7.89. The molecular formula is C22H24N4O4S. The number of fused-ring (bicyclic) bond motifs is 2. The Morgan fingerprint density at radius 1 is 1.16 bits per heavy atom. The maximum absolute atomic E-state index is 12.3. The molecule has 0 saturated carbocycles. The standard InChI is InChI=1S/C22H24N4O4S/c27-22(30-15-11-29-12-15)26-6-4-25(5-7-26)19-1-3-23-18-10-14(9-16(18)19)21-24-17-2-8-28-13-20(17)31-21/h1,3,9,15H,2,4-8,10-13H2. The van der Waals surface area contributed by atoms with Crippen molar-refractivity contribution >= 4 is 34.8 Å². The number of carbonyl (C=O) groups is 1. The van der Waals surface area contributed by atoms with Gasteiger partial charge >= 0.3 is 6.09 Å². The first-order chi connectivity index (χ1) is 15.2. The van der Waals surface area contributed by atoms with Gasteiger partial charge in [-0.1, -0.05) is 0 Å². The molecule has 0 atom stereocenters. The lowest BCUT2D eigenvalue weighted by atomic mass is 10.1. The van der Waals surface area contributed by atoms with Gasteiger partial charge in [0.05, 0.1) is 42.7 Å². The number of anilines is 1. The highest BCUT2D eigenvalue weighted by Gasteiger charge is 2.30. The number of piperazine rings is 1. The first-order valence-electron chi connectivity index (χ1n) is 10.8. The van der Waals surface area contributed by atoms with E-state index in [1.807, 2.05) is 6.20 Å². The molecule has 6 rings (SSSR count).